The highest BCUT2D eigenvalue weighted by Crippen LogP contribution is 2.46. The van der Waals surface area contributed by atoms with E-state index in [1.54, 1.807) is 39.5 Å². The molecule has 0 bridgehead atoms. The van der Waals surface area contributed by atoms with Crippen LogP contribution in [0.4, 0.5) is 13.2 Å². The van der Waals surface area contributed by atoms with E-state index >= 15 is 13.2 Å². The fraction of sp³-hybridized carbons (Fsp3) is 0.119. The molecule has 8 aromatic rings. The van der Waals surface area contributed by atoms with Crippen molar-refractivity contribution in [3.8, 4) is 28.6 Å². The van der Waals surface area contributed by atoms with Crippen LogP contribution in [0.2, 0.25) is 0 Å². The molecule has 48 heavy (non-hydrogen) atoms. The van der Waals surface area contributed by atoms with Crippen LogP contribution in [0.5, 0.6) is 0 Å². The molecular formula is C42H30F3N3. The molecule has 0 amide bonds. The predicted octanol–water partition coefficient (Wildman–Crippen LogP) is 11.7. The van der Waals surface area contributed by atoms with Crippen LogP contribution in [0.3, 0.4) is 0 Å². The number of rotatable bonds is 3. The topological polar surface area (TPSA) is 33.6 Å². The monoisotopic (exact) mass is 633 g/mol. The number of hydrogen-bond donors (Lipinski definition) is 0. The summed E-state index contributed by atoms with van der Waals surface area (Å²) in [5.41, 5.74) is 7.85. The van der Waals surface area contributed by atoms with Crippen molar-refractivity contribution in [2.45, 2.75) is 33.9 Å². The lowest BCUT2D eigenvalue weighted by atomic mass is 9.98. The number of alkyl halides is 3. The summed E-state index contributed by atoms with van der Waals surface area (Å²) in [7, 11) is 0. The van der Waals surface area contributed by atoms with E-state index in [1.807, 2.05) is 107 Å². The number of nitriles is 1. The third-order valence-electron chi connectivity index (χ3n) is 9.34. The summed E-state index contributed by atoms with van der Waals surface area (Å²) in [6.45, 7) is 7.97. The molecule has 0 saturated heterocycles. The first-order valence-electron chi connectivity index (χ1n) is 15.8. The van der Waals surface area contributed by atoms with Crippen LogP contribution >= 0.6 is 0 Å². The highest BCUT2D eigenvalue weighted by molar-refractivity contribution is 6.11. The minimum atomic E-state index is -4.73. The maximum absolute atomic E-state index is 15.9. The van der Waals surface area contributed by atoms with Gasteiger partial charge in [-0.2, -0.15) is 18.4 Å². The second-order valence-corrected chi connectivity index (χ2v) is 12.8. The Morgan fingerprint density at radius 3 is 1.25 bits per heavy atom. The summed E-state index contributed by atoms with van der Waals surface area (Å²) in [6.07, 6.45) is -4.73. The van der Waals surface area contributed by atoms with E-state index in [9.17, 15) is 5.26 Å². The zero-order chi connectivity index (χ0) is 33.5. The molecule has 0 radical (unpaired) electrons. The molecular weight excluding hydrogens is 603 g/mol. The molecule has 8 rings (SSSR count). The van der Waals surface area contributed by atoms with Gasteiger partial charge in [0.1, 0.15) is 5.56 Å². The second-order valence-electron chi connectivity index (χ2n) is 12.8. The first kappa shape index (κ1) is 29.6. The van der Waals surface area contributed by atoms with E-state index in [0.29, 0.717) is 38.8 Å². The molecule has 6 aromatic carbocycles. The van der Waals surface area contributed by atoms with E-state index in [2.05, 4.69) is 6.07 Å². The maximum atomic E-state index is 15.9. The Labute approximate surface area is 275 Å². The van der Waals surface area contributed by atoms with Crippen molar-refractivity contribution in [2.24, 2.45) is 0 Å². The van der Waals surface area contributed by atoms with E-state index in [1.165, 1.54) is 0 Å². The molecule has 3 nitrogen and oxygen atoms in total. The summed E-state index contributed by atoms with van der Waals surface area (Å²) in [6, 6.07) is 36.1. The fourth-order valence-corrected chi connectivity index (χ4v) is 7.21. The predicted molar refractivity (Wildman–Crippen MR) is 189 cm³/mol. The van der Waals surface area contributed by atoms with Gasteiger partial charge in [0.05, 0.1) is 45.1 Å². The van der Waals surface area contributed by atoms with Gasteiger partial charge in [-0.05, 0) is 112 Å². The molecule has 234 valence electrons. The van der Waals surface area contributed by atoms with Crippen LogP contribution in [0, 0.1) is 39.0 Å². The Hall–Kier alpha value is -5.80. The highest BCUT2D eigenvalue weighted by Gasteiger charge is 2.39. The van der Waals surface area contributed by atoms with Crippen molar-refractivity contribution in [1.29, 1.82) is 5.26 Å². The van der Waals surface area contributed by atoms with E-state index in [4.69, 9.17) is 0 Å². The van der Waals surface area contributed by atoms with Gasteiger partial charge in [-0.25, -0.2) is 0 Å². The standard InChI is InChI=1S/C42H30F3N3/c1-24-8-12-35-31(16-24)32-17-25(2)9-13-36(32)47(35)39-21-30(29-7-5-6-28(20-29)23-46)22-40(41(39)42(43,44)45)48-37-14-10-26(3)18-33(37)34-19-27(4)11-15-38(34)48/h5-22H,1-4H3. The van der Waals surface area contributed by atoms with Gasteiger partial charge in [0.2, 0.25) is 0 Å². The molecule has 0 unspecified atom stereocenters. The third-order valence-corrected chi connectivity index (χ3v) is 9.34. The van der Waals surface area contributed by atoms with Gasteiger partial charge in [-0.3, -0.25) is 0 Å². The fourth-order valence-electron chi connectivity index (χ4n) is 7.21. The Kier molecular flexibility index (Phi) is 6.54. The van der Waals surface area contributed by atoms with Crippen molar-refractivity contribution in [3.05, 3.63) is 143 Å². The van der Waals surface area contributed by atoms with Crippen molar-refractivity contribution in [2.75, 3.05) is 0 Å². The molecule has 0 aliphatic carbocycles. The van der Waals surface area contributed by atoms with Crippen molar-refractivity contribution in [3.63, 3.8) is 0 Å². The molecule has 0 spiro atoms. The lowest BCUT2D eigenvalue weighted by Crippen LogP contribution is -2.16. The smallest absolute Gasteiger partial charge is 0.309 e. The summed E-state index contributed by atoms with van der Waals surface area (Å²) in [5, 5.41) is 13.3. The second kappa shape index (κ2) is 10.6. The van der Waals surface area contributed by atoms with Gasteiger partial charge in [0.25, 0.3) is 0 Å². The number of fused-ring (bicyclic) bond motifs is 6. The molecule has 2 heterocycles. The molecule has 0 atom stereocenters. The zero-order valence-corrected chi connectivity index (χ0v) is 26.9. The summed E-state index contributed by atoms with van der Waals surface area (Å²) in [4.78, 5) is 0. The normalized spacial score (nSPS) is 12.0. The van der Waals surface area contributed by atoms with E-state index in [0.717, 1.165) is 43.8 Å². The third kappa shape index (κ3) is 4.57. The number of aromatic nitrogens is 2. The van der Waals surface area contributed by atoms with Crippen LogP contribution in [0.25, 0.3) is 66.1 Å². The van der Waals surface area contributed by atoms with Crippen LogP contribution in [-0.2, 0) is 6.18 Å². The number of halogens is 3. The highest BCUT2D eigenvalue weighted by atomic mass is 19.4. The Morgan fingerprint density at radius 1 is 0.500 bits per heavy atom. The quantitative estimate of drug-likeness (QED) is 0.191. The molecule has 2 aromatic heterocycles. The van der Waals surface area contributed by atoms with Crippen molar-refractivity contribution < 1.29 is 13.2 Å². The summed E-state index contributed by atoms with van der Waals surface area (Å²) in [5.74, 6) is 0. The Balaban J connectivity index is 1.61. The van der Waals surface area contributed by atoms with Crippen LogP contribution in [0.15, 0.2) is 109 Å². The Morgan fingerprint density at radius 2 is 0.896 bits per heavy atom. The summed E-state index contributed by atoms with van der Waals surface area (Å²) >= 11 is 0. The average Bonchev–Trinajstić information content (AvgIpc) is 3.54. The molecule has 0 saturated carbocycles. The summed E-state index contributed by atoms with van der Waals surface area (Å²) < 4.78 is 51.3. The molecule has 6 heteroatoms. The molecule has 0 aliphatic heterocycles. The van der Waals surface area contributed by atoms with Gasteiger partial charge in [-0.15, -0.1) is 0 Å². The van der Waals surface area contributed by atoms with E-state index < -0.39 is 11.7 Å². The minimum Gasteiger partial charge on any atom is -0.309 e. The van der Waals surface area contributed by atoms with Gasteiger partial charge in [0, 0.05) is 21.5 Å². The number of hydrogen-bond acceptors (Lipinski definition) is 1. The van der Waals surface area contributed by atoms with Crippen molar-refractivity contribution >= 4 is 43.6 Å². The minimum absolute atomic E-state index is 0.0271. The van der Waals surface area contributed by atoms with Crippen LogP contribution < -0.4 is 0 Å². The van der Waals surface area contributed by atoms with Gasteiger partial charge in [0.15, 0.2) is 0 Å². The lowest BCUT2D eigenvalue weighted by Gasteiger charge is -2.23. The number of nitrogens with zero attached hydrogens (tertiary/aromatic N) is 3. The molecule has 0 fully saturated rings. The van der Waals surface area contributed by atoms with Crippen molar-refractivity contribution in [1.82, 2.24) is 9.13 Å². The SMILES string of the molecule is Cc1ccc2c(c1)c1cc(C)ccc1n2-c1cc(-c2cccc(C#N)c2)cc(-n2c3ccc(C)cc3c3cc(C)ccc32)c1C(F)(F)F. The zero-order valence-electron chi connectivity index (χ0n) is 26.9. The first-order valence-corrected chi connectivity index (χ1v) is 15.8. The van der Waals surface area contributed by atoms with E-state index in [-0.39, 0.29) is 11.4 Å². The van der Waals surface area contributed by atoms with Gasteiger partial charge < -0.3 is 9.13 Å². The van der Waals surface area contributed by atoms with Crippen LogP contribution in [-0.4, -0.2) is 9.13 Å². The largest absolute Gasteiger partial charge is 0.420 e. The Bertz CT molecular complexity index is 2400. The lowest BCUT2D eigenvalue weighted by molar-refractivity contribution is -0.137. The first-order chi connectivity index (χ1) is 23.0. The van der Waals surface area contributed by atoms with Gasteiger partial charge in [-0.1, -0.05) is 58.7 Å². The maximum Gasteiger partial charge on any atom is 0.420 e. The van der Waals surface area contributed by atoms with Gasteiger partial charge >= 0.3 is 6.18 Å². The van der Waals surface area contributed by atoms with Crippen LogP contribution in [0.1, 0.15) is 33.4 Å². The number of benzene rings is 6. The molecule has 0 aliphatic rings. The average molecular weight is 634 g/mol. The molecule has 0 N–H and O–H groups in total. The number of aryl methyl sites for hydroxylation is 4.